The van der Waals surface area contributed by atoms with Crippen molar-refractivity contribution >= 4 is 11.6 Å². The first kappa shape index (κ1) is 13.5. The van der Waals surface area contributed by atoms with Gasteiger partial charge in [0.25, 0.3) is 5.56 Å². The summed E-state index contributed by atoms with van der Waals surface area (Å²) in [4.78, 5) is 20.1. The van der Waals surface area contributed by atoms with Crippen molar-refractivity contribution < 1.29 is 4.39 Å². The maximum atomic E-state index is 13.2. The van der Waals surface area contributed by atoms with Crippen LogP contribution in [0, 0.1) is 5.82 Å². The monoisotopic (exact) mass is 304 g/mol. The van der Waals surface area contributed by atoms with Crippen molar-refractivity contribution in [3.05, 3.63) is 75.8 Å². The second-order valence-corrected chi connectivity index (χ2v) is 4.78. The van der Waals surface area contributed by atoms with Gasteiger partial charge in [0, 0.05) is 24.7 Å². The van der Waals surface area contributed by atoms with Crippen LogP contribution in [0.2, 0.25) is 5.02 Å². The third-order valence-electron chi connectivity index (χ3n) is 2.97. The van der Waals surface area contributed by atoms with Crippen LogP contribution in [0.5, 0.6) is 0 Å². The summed E-state index contributed by atoms with van der Waals surface area (Å²) in [6.07, 6.45) is 6.25. The second kappa shape index (κ2) is 5.49. The summed E-state index contributed by atoms with van der Waals surface area (Å²) in [5, 5.41) is 0.0261. The lowest BCUT2D eigenvalue weighted by Crippen LogP contribution is -2.23. The lowest BCUT2D eigenvalue weighted by atomic mass is 10.2. The fourth-order valence-corrected chi connectivity index (χ4v) is 2.18. The molecule has 0 saturated carbocycles. The van der Waals surface area contributed by atoms with Crippen molar-refractivity contribution in [3.8, 4) is 5.82 Å². The van der Waals surface area contributed by atoms with Gasteiger partial charge in [-0.15, -0.1) is 0 Å². The number of rotatable bonds is 3. The van der Waals surface area contributed by atoms with Gasteiger partial charge in [0.15, 0.2) is 5.82 Å². The lowest BCUT2D eigenvalue weighted by molar-refractivity contribution is 0.574. The number of aromatic nitrogens is 4. The molecule has 0 aliphatic rings. The quantitative estimate of drug-likeness (QED) is 0.746. The van der Waals surface area contributed by atoms with Gasteiger partial charge in [-0.2, -0.15) is 0 Å². The molecule has 0 N–H and O–H groups in total. The maximum Gasteiger partial charge on any atom is 0.267 e. The molecule has 0 bridgehead atoms. The summed E-state index contributed by atoms with van der Waals surface area (Å²) in [5.74, 6) is 0.0323. The summed E-state index contributed by atoms with van der Waals surface area (Å²) >= 11 is 5.76. The normalized spacial score (nSPS) is 10.8. The summed E-state index contributed by atoms with van der Waals surface area (Å²) < 4.78 is 16.2. The van der Waals surface area contributed by atoms with Crippen LogP contribution >= 0.6 is 11.6 Å². The van der Waals surface area contributed by atoms with Crippen molar-refractivity contribution in [1.82, 2.24) is 19.3 Å². The Labute approximate surface area is 124 Å². The highest BCUT2D eigenvalue weighted by Crippen LogP contribution is 2.16. The van der Waals surface area contributed by atoms with E-state index in [0.717, 1.165) is 0 Å². The van der Waals surface area contributed by atoms with Crippen LogP contribution in [0.15, 0.2) is 53.8 Å². The molecule has 0 radical (unpaired) electrons. The smallest absolute Gasteiger partial charge is 0.267 e. The van der Waals surface area contributed by atoms with Crippen LogP contribution < -0.4 is 5.56 Å². The first-order valence-electron chi connectivity index (χ1n) is 6.14. The van der Waals surface area contributed by atoms with Gasteiger partial charge in [-0.25, -0.2) is 18.7 Å². The predicted octanol–water partition coefficient (Wildman–Crippen LogP) is 2.27. The molecule has 0 aliphatic heterocycles. The standard InChI is InChI=1S/C14H10ClFN4O/c15-11-7-10(1-2-12(11)16)9-20-14(21)3-6-19(20)13-8-17-4-5-18-13/h1-8H,9H2. The molecule has 0 atom stereocenters. The molecule has 7 heteroatoms. The third kappa shape index (κ3) is 2.71. The van der Waals surface area contributed by atoms with Crippen LogP contribution in [0.1, 0.15) is 5.56 Å². The van der Waals surface area contributed by atoms with E-state index in [1.165, 1.54) is 22.9 Å². The molecule has 3 rings (SSSR count). The van der Waals surface area contributed by atoms with E-state index in [0.29, 0.717) is 11.4 Å². The zero-order chi connectivity index (χ0) is 14.8. The van der Waals surface area contributed by atoms with Gasteiger partial charge in [0.2, 0.25) is 0 Å². The molecule has 0 aliphatic carbocycles. The Hall–Kier alpha value is -2.47. The zero-order valence-corrected chi connectivity index (χ0v) is 11.5. The van der Waals surface area contributed by atoms with E-state index in [4.69, 9.17) is 11.6 Å². The average Bonchev–Trinajstić information content (AvgIpc) is 2.85. The summed E-state index contributed by atoms with van der Waals surface area (Å²) in [5.41, 5.74) is 0.522. The number of hydrogen-bond acceptors (Lipinski definition) is 3. The van der Waals surface area contributed by atoms with Gasteiger partial charge in [-0.05, 0) is 17.7 Å². The van der Waals surface area contributed by atoms with E-state index in [2.05, 4.69) is 9.97 Å². The van der Waals surface area contributed by atoms with Gasteiger partial charge in [-0.3, -0.25) is 9.78 Å². The highest BCUT2D eigenvalue weighted by atomic mass is 35.5. The van der Waals surface area contributed by atoms with E-state index in [1.807, 2.05) is 0 Å². The molecule has 0 fully saturated rings. The summed E-state index contributed by atoms with van der Waals surface area (Å²) in [6, 6.07) is 5.79. The molecule has 2 aromatic heterocycles. The highest BCUT2D eigenvalue weighted by Gasteiger charge is 2.08. The van der Waals surface area contributed by atoms with E-state index in [1.54, 1.807) is 35.5 Å². The zero-order valence-electron chi connectivity index (χ0n) is 10.8. The lowest BCUT2D eigenvalue weighted by Gasteiger charge is -2.11. The molecule has 0 spiro atoms. The van der Waals surface area contributed by atoms with E-state index in [-0.39, 0.29) is 17.1 Å². The minimum atomic E-state index is -0.489. The number of benzene rings is 1. The highest BCUT2D eigenvalue weighted by molar-refractivity contribution is 6.30. The number of nitrogens with zero attached hydrogens (tertiary/aromatic N) is 4. The molecule has 0 saturated heterocycles. The number of halogens is 2. The fourth-order valence-electron chi connectivity index (χ4n) is 1.98. The van der Waals surface area contributed by atoms with Crippen LogP contribution in [0.4, 0.5) is 4.39 Å². The van der Waals surface area contributed by atoms with Gasteiger partial charge in [0.05, 0.1) is 17.8 Å². The van der Waals surface area contributed by atoms with E-state index < -0.39 is 5.82 Å². The Morgan fingerprint density at radius 1 is 1.24 bits per heavy atom. The SMILES string of the molecule is O=c1ccn(-c2cnccn2)n1Cc1ccc(F)c(Cl)c1. The topological polar surface area (TPSA) is 52.7 Å². The van der Waals surface area contributed by atoms with Crippen LogP contribution in [0.25, 0.3) is 5.82 Å². The molecule has 106 valence electrons. The Balaban J connectivity index is 2.01. The van der Waals surface area contributed by atoms with Crippen molar-refractivity contribution in [2.45, 2.75) is 6.54 Å². The summed E-state index contributed by atoms with van der Waals surface area (Å²) in [6.45, 7) is 0.252. The largest absolute Gasteiger partial charge is 0.268 e. The second-order valence-electron chi connectivity index (χ2n) is 4.37. The Morgan fingerprint density at radius 3 is 2.81 bits per heavy atom. The third-order valence-corrected chi connectivity index (χ3v) is 3.26. The fraction of sp³-hybridized carbons (Fsp3) is 0.0714. The van der Waals surface area contributed by atoms with Crippen molar-refractivity contribution in [1.29, 1.82) is 0 Å². The van der Waals surface area contributed by atoms with Crippen molar-refractivity contribution in [2.24, 2.45) is 0 Å². The minimum Gasteiger partial charge on any atom is -0.268 e. The first-order valence-corrected chi connectivity index (χ1v) is 6.52. The molecule has 0 amide bonds. The first-order chi connectivity index (χ1) is 10.1. The Morgan fingerprint density at radius 2 is 2.10 bits per heavy atom. The molecule has 2 heterocycles. The Kier molecular flexibility index (Phi) is 3.53. The van der Waals surface area contributed by atoms with Gasteiger partial charge >= 0.3 is 0 Å². The predicted molar refractivity (Wildman–Crippen MR) is 76.1 cm³/mol. The minimum absolute atomic E-state index is 0.0261. The average molecular weight is 305 g/mol. The number of hydrogen-bond donors (Lipinski definition) is 0. The summed E-state index contributed by atoms with van der Waals surface area (Å²) in [7, 11) is 0. The van der Waals surface area contributed by atoms with Gasteiger partial charge in [-0.1, -0.05) is 17.7 Å². The maximum absolute atomic E-state index is 13.2. The van der Waals surface area contributed by atoms with Crippen LogP contribution in [-0.2, 0) is 6.54 Å². The molecule has 3 aromatic rings. The van der Waals surface area contributed by atoms with Crippen LogP contribution in [-0.4, -0.2) is 19.3 Å². The van der Waals surface area contributed by atoms with E-state index >= 15 is 0 Å². The Bertz CT molecular complexity index is 828. The van der Waals surface area contributed by atoms with Gasteiger partial charge in [0.1, 0.15) is 5.82 Å². The van der Waals surface area contributed by atoms with Gasteiger partial charge < -0.3 is 0 Å². The molecule has 1 aromatic carbocycles. The molecular formula is C14H10ClFN4O. The van der Waals surface area contributed by atoms with Crippen LogP contribution in [0.3, 0.4) is 0 Å². The molecule has 21 heavy (non-hydrogen) atoms. The molecular weight excluding hydrogens is 295 g/mol. The molecule has 0 unspecified atom stereocenters. The molecule has 5 nitrogen and oxygen atoms in total. The van der Waals surface area contributed by atoms with Crippen molar-refractivity contribution in [3.63, 3.8) is 0 Å². The van der Waals surface area contributed by atoms with E-state index in [9.17, 15) is 9.18 Å². The van der Waals surface area contributed by atoms with Crippen molar-refractivity contribution in [2.75, 3.05) is 0 Å².